The lowest BCUT2D eigenvalue weighted by Gasteiger charge is -2.35. The molecule has 1 N–H and O–H groups in total. The second-order valence-corrected chi connectivity index (χ2v) is 8.63. The van der Waals surface area contributed by atoms with Crippen LogP contribution in [0.25, 0.3) is 11.0 Å². The van der Waals surface area contributed by atoms with Gasteiger partial charge in [-0.2, -0.15) is 0 Å². The molecule has 2 aromatic carbocycles. The van der Waals surface area contributed by atoms with E-state index >= 15 is 0 Å². The van der Waals surface area contributed by atoms with Crippen molar-refractivity contribution in [3.63, 3.8) is 0 Å². The number of aromatic amines is 1. The van der Waals surface area contributed by atoms with Crippen molar-refractivity contribution in [2.75, 3.05) is 13.1 Å². The second-order valence-electron chi connectivity index (χ2n) is 7.66. The summed E-state index contributed by atoms with van der Waals surface area (Å²) in [5.41, 5.74) is 3.91. The largest absolute Gasteiger partial charge is 0.338 e. The highest BCUT2D eigenvalue weighted by atomic mass is 32.2. The molecule has 1 aliphatic heterocycles. The Kier molecular flexibility index (Phi) is 5.21. The third-order valence-electron chi connectivity index (χ3n) is 5.14. The summed E-state index contributed by atoms with van der Waals surface area (Å²) in [5.74, 6) is 2.01. The number of benzene rings is 2. The van der Waals surface area contributed by atoms with Crippen LogP contribution in [0.15, 0.2) is 53.7 Å². The van der Waals surface area contributed by atoms with E-state index in [1.807, 2.05) is 47.4 Å². The van der Waals surface area contributed by atoms with Crippen molar-refractivity contribution >= 4 is 28.7 Å². The first-order valence-corrected chi connectivity index (χ1v) is 10.5. The maximum absolute atomic E-state index is 13.2. The number of rotatable bonds is 4. The number of carbonyl (C=O) groups is 1. The number of H-pyrrole nitrogens is 1. The van der Waals surface area contributed by atoms with Gasteiger partial charge in [-0.25, -0.2) is 4.98 Å². The lowest BCUT2D eigenvalue weighted by Crippen LogP contribution is -2.42. The van der Waals surface area contributed by atoms with Gasteiger partial charge in [-0.15, -0.1) is 0 Å². The van der Waals surface area contributed by atoms with Gasteiger partial charge in [0.05, 0.1) is 11.0 Å². The number of nitrogens with zero attached hydrogens (tertiary/aromatic N) is 2. The minimum Gasteiger partial charge on any atom is -0.338 e. The van der Waals surface area contributed by atoms with E-state index in [0.29, 0.717) is 11.8 Å². The van der Waals surface area contributed by atoms with Crippen LogP contribution in [0.1, 0.15) is 36.2 Å². The molecular formula is C22H25N3OS. The molecule has 1 aromatic heterocycles. The van der Waals surface area contributed by atoms with Crippen molar-refractivity contribution < 1.29 is 4.79 Å². The predicted molar refractivity (Wildman–Crippen MR) is 111 cm³/mol. The molecule has 0 spiro atoms. The van der Waals surface area contributed by atoms with Crippen molar-refractivity contribution in [1.29, 1.82) is 0 Å². The number of para-hydroxylation sites is 2. The lowest BCUT2D eigenvalue weighted by molar-refractivity contribution is 0.0622. The monoisotopic (exact) mass is 379 g/mol. The highest BCUT2D eigenvalue weighted by Crippen LogP contribution is 2.27. The predicted octanol–water partition coefficient (Wildman–Crippen LogP) is 4.97. The number of imidazole rings is 1. The van der Waals surface area contributed by atoms with Gasteiger partial charge in [-0.05, 0) is 42.0 Å². The number of fused-ring (bicyclic) bond motifs is 1. The molecule has 3 aromatic rings. The molecule has 4 rings (SSSR count). The highest BCUT2D eigenvalue weighted by Gasteiger charge is 2.27. The Morgan fingerprint density at radius 2 is 1.81 bits per heavy atom. The molecule has 5 heteroatoms. The molecule has 0 bridgehead atoms. The number of aromatic nitrogens is 2. The normalized spacial score (nSPS) is 20.1. The zero-order valence-electron chi connectivity index (χ0n) is 15.8. The molecule has 1 saturated heterocycles. The molecule has 2 unspecified atom stereocenters. The molecule has 1 fully saturated rings. The van der Waals surface area contributed by atoms with Crippen molar-refractivity contribution in [2.45, 2.75) is 31.2 Å². The van der Waals surface area contributed by atoms with E-state index in [0.717, 1.165) is 46.2 Å². The molecule has 0 radical (unpaired) electrons. The van der Waals surface area contributed by atoms with Gasteiger partial charge in [0.25, 0.3) is 5.91 Å². The summed E-state index contributed by atoms with van der Waals surface area (Å²) in [6, 6.07) is 16.0. The summed E-state index contributed by atoms with van der Waals surface area (Å²) in [6.07, 6.45) is 1.20. The van der Waals surface area contributed by atoms with E-state index in [9.17, 15) is 4.79 Å². The first-order valence-electron chi connectivity index (χ1n) is 9.55. The Bertz CT molecular complexity index is 908. The Morgan fingerprint density at radius 1 is 1.11 bits per heavy atom. The number of likely N-dealkylation sites (tertiary alicyclic amines) is 1. The summed E-state index contributed by atoms with van der Waals surface area (Å²) >= 11 is 1.64. The standard InChI is InChI=1S/C22H25N3OS/c1-15-11-16(2)13-25(12-15)21(26)18-8-4-3-7-17(18)14-27-22-23-19-9-5-6-10-20(19)24-22/h3-10,15-16H,11-14H2,1-2H3,(H,23,24). The van der Waals surface area contributed by atoms with Crippen LogP contribution in [0.3, 0.4) is 0 Å². The first kappa shape index (κ1) is 18.1. The zero-order valence-corrected chi connectivity index (χ0v) is 16.6. The summed E-state index contributed by atoms with van der Waals surface area (Å²) in [5, 5.41) is 0.888. The fraction of sp³-hybridized carbons (Fsp3) is 0.364. The van der Waals surface area contributed by atoms with E-state index in [1.165, 1.54) is 6.42 Å². The quantitative estimate of drug-likeness (QED) is 0.651. The molecule has 140 valence electrons. The number of amides is 1. The molecule has 2 heterocycles. The SMILES string of the molecule is CC1CC(C)CN(C(=O)c2ccccc2CSc2nc3ccccc3[nH]2)C1. The van der Waals surface area contributed by atoms with Crippen molar-refractivity contribution in [3.05, 3.63) is 59.7 Å². The molecular weight excluding hydrogens is 354 g/mol. The van der Waals surface area contributed by atoms with E-state index in [4.69, 9.17) is 0 Å². The number of piperidine rings is 1. The lowest BCUT2D eigenvalue weighted by atomic mass is 9.91. The van der Waals surface area contributed by atoms with Gasteiger partial charge in [-0.1, -0.05) is 55.9 Å². The van der Waals surface area contributed by atoms with Crippen LogP contribution in [0.4, 0.5) is 0 Å². The average molecular weight is 380 g/mol. The van der Waals surface area contributed by atoms with Gasteiger partial charge in [0.1, 0.15) is 0 Å². The van der Waals surface area contributed by atoms with Crippen LogP contribution in [-0.4, -0.2) is 33.9 Å². The van der Waals surface area contributed by atoms with Gasteiger partial charge in [0.15, 0.2) is 5.16 Å². The van der Waals surface area contributed by atoms with Crippen LogP contribution < -0.4 is 0 Å². The third kappa shape index (κ3) is 4.03. The van der Waals surface area contributed by atoms with Gasteiger partial charge in [0, 0.05) is 24.4 Å². The Morgan fingerprint density at radius 3 is 2.59 bits per heavy atom. The molecule has 2 atom stereocenters. The fourth-order valence-electron chi connectivity index (χ4n) is 4.00. The third-order valence-corrected chi connectivity index (χ3v) is 6.06. The van der Waals surface area contributed by atoms with Crippen LogP contribution >= 0.6 is 11.8 Å². The highest BCUT2D eigenvalue weighted by molar-refractivity contribution is 7.98. The van der Waals surface area contributed by atoms with Crippen molar-refractivity contribution in [1.82, 2.24) is 14.9 Å². The number of hydrogen-bond acceptors (Lipinski definition) is 3. The van der Waals surface area contributed by atoms with E-state index in [1.54, 1.807) is 11.8 Å². The van der Waals surface area contributed by atoms with E-state index < -0.39 is 0 Å². The van der Waals surface area contributed by atoms with Gasteiger partial charge in [0.2, 0.25) is 0 Å². The molecule has 1 amide bonds. The van der Waals surface area contributed by atoms with E-state index in [2.05, 4.69) is 29.9 Å². The van der Waals surface area contributed by atoms with Gasteiger partial charge < -0.3 is 9.88 Å². The number of thioether (sulfide) groups is 1. The minimum absolute atomic E-state index is 0.161. The van der Waals surface area contributed by atoms with Crippen molar-refractivity contribution in [3.8, 4) is 0 Å². The Labute approximate surface area is 164 Å². The van der Waals surface area contributed by atoms with Gasteiger partial charge >= 0.3 is 0 Å². The Hall–Kier alpha value is -2.27. The smallest absolute Gasteiger partial charge is 0.254 e. The van der Waals surface area contributed by atoms with Crippen LogP contribution in [-0.2, 0) is 5.75 Å². The van der Waals surface area contributed by atoms with Crippen LogP contribution in [0.2, 0.25) is 0 Å². The summed E-state index contributed by atoms with van der Waals surface area (Å²) < 4.78 is 0. The van der Waals surface area contributed by atoms with Crippen LogP contribution in [0.5, 0.6) is 0 Å². The number of hydrogen-bond donors (Lipinski definition) is 1. The number of nitrogens with one attached hydrogen (secondary N) is 1. The molecule has 4 nitrogen and oxygen atoms in total. The van der Waals surface area contributed by atoms with Gasteiger partial charge in [-0.3, -0.25) is 4.79 Å². The zero-order chi connectivity index (χ0) is 18.8. The van der Waals surface area contributed by atoms with E-state index in [-0.39, 0.29) is 5.91 Å². The number of carbonyl (C=O) groups excluding carboxylic acids is 1. The summed E-state index contributed by atoms with van der Waals surface area (Å²) in [4.78, 5) is 23.2. The molecule has 0 aliphatic carbocycles. The summed E-state index contributed by atoms with van der Waals surface area (Å²) in [6.45, 7) is 6.18. The summed E-state index contributed by atoms with van der Waals surface area (Å²) in [7, 11) is 0. The molecule has 27 heavy (non-hydrogen) atoms. The molecule has 0 saturated carbocycles. The second kappa shape index (κ2) is 7.77. The minimum atomic E-state index is 0.161. The topological polar surface area (TPSA) is 49.0 Å². The van der Waals surface area contributed by atoms with Crippen LogP contribution in [0, 0.1) is 11.8 Å². The fourth-order valence-corrected chi connectivity index (χ4v) is 4.89. The van der Waals surface area contributed by atoms with Crippen molar-refractivity contribution in [2.24, 2.45) is 11.8 Å². The molecule has 1 aliphatic rings. The maximum atomic E-state index is 13.2. The first-order chi connectivity index (χ1) is 13.1. The maximum Gasteiger partial charge on any atom is 0.254 e. The Balaban J connectivity index is 1.51. The average Bonchev–Trinajstić information content (AvgIpc) is 3.08.